The summed E-state index contributed by atoms with van der Waals surface area (Å²) in [5.74, 6) is 1.28. The van der Waals surface area contributed by atoms with Gasteiger partial charge in [0.25, 0.3) is 0 Å². The SMILES string of the molecule is OPOc1ccc(-c2ccc(OPO)cc2)cc1. The Bertz CT molecular complexity index is 437. The van der Waals surface area contributed by atoms with Crippen molar-refractivity contribution in [2.24, 2.45) is 0 Å². The largest absolute Gasteiger partial charge is 0.450 e. The third-order valence-corrected chi connectivity index (χ3v) is 3.02. The van der Waals surface area contributed by atoms with Gasteiger partial charge in [-0.15, -0.1) is 0 Å². The molecule has 0 aliphatic carbocycles. The van der Waals surface area contributed by atoms with E-state index < -0.39 is 18.1 Å². The average Bonchev–Trinajstić information content (AvgIpc) is 2.41. The number of hydrogen-bond donors (Lipinski definition) is 2. The first-order valence-electron chi connectivity index (χ1n) is 5.16. The van der Waals surface area contributed by atoms with Crippen LogP contribution < -0.4 is 9.05 Å². The van der Waals surface area contributed by atoms with Crippen molar-refractivity contribution in [2.45, 2.75) is 0 Å². The molecule has 4 nitrogen and oxygen atoms in total. The van der Waals surface area contributed by atoms with E-state index in [1.54, 1.807) is 24.3 Å². The molecule has 2 unspecified atom stereocenters. The minimum Gasteiger partial charge on any atom is -0.450 e. The van der Waals surface area contributed by atoms with Crippen LogP contribution in [0.5, 0.6) is 11.5 Å². The average molecular weight is 282 g/mol. The smallest absolute Gasteiger partial charge is 0.212 e. The molecule has 2 aromatic carbocycles. The minimum atomic E-state index is -0.543. The predicted octanol–water partition coefficient (Wildman–Crippen LogP) is 3.11. The van der Waals surface area contributed by atoms with E-state index >= 15 is 0 Å². The van der Waals surface area contributed by atoms with Crippen LogP contribution in [-0.4, -0.2) is 9.79 Å². The molecule has 0 saturated heterocycles. The molecule has 0 amide bonds. The summed E-state index contributed by atoms with van der Waals surface area (Å²) in [6.07, 6.45) is 0. The molecule has 0 heterocycles. The predicted molar refractivity (Wildman–Crippen MR) is 74.2 cm³/mol. The molecule has 0 bridgehead atoms. The fourth-order valence-electron chi connectivity index (χ4n) is 1.54. The summed E-state index contributed by atoms with van der Waals surface area (Å²) >= 11 is 0. The Morgan fingerprint density at radius 3 is 1.22 bits per heavy atom. The molecule has 2 aromatic rings. The number of benzene rings is 2. The maximum absolute atomic E-state index is 8.66. The van der Waals surface area contributed by atoms with Crippen molar-refractivity contribution in [3.8, 4) is 22.6 Å². The monoisotopic (exact) mass is 282 g/mol. The molecular formula is C12H12O4P2. The lowest BCUT2D eigenvalue weighted by molar-refractivity contribution is 0.513. The van der Waals surface area contributed by atoms with Gasteiger partial charge in [0, 0.05) is 0 Å². The lowest BCUT2D eigenvalue weighted by Crippen LogP contribution is -1.81. The standard InChI is InChI=1S/C12H12O4P2/c13-17-15-11-5-1-9(2-6-11)10-3-7-12(8-4-10)16-18-14/h1-8,13-14,17-18H. The molecule has 94 valence electrons. The summed E-state index contributed by atoms with van der Waals surface area (Å²) in [7, 11) is -1.09. The van der Waals surface area contributed by atoms with E-state index in [-0.39, 0.29) is 0 Å². The Morgan fingerprint density at radius 2 is 0.944 bits per heavy atom. The fourth-order valence-corrected chi connectivity index (χ4v) is 2.02. The first-order valence-corrected chi connectivity index (χ1v) is 6.87. The van der Waals surface area contributed by atoms with Crippen LogP contribution in [0.2, 0.25) is 0 Å². The minimum absolute atomic E-state index is 0.543. The second-order valence-corrected chi connectivity index (χ2v) is 4.21. The van der Waals surface area contributed by atoms with Gasteiger partial charge < -0.3 is 18.8 Å². The quantitative estimate of drug-likeness (QED) is 0.827. The summed E-state index contributed by atoms with van der Waals surface area (Å²) in [6, 6.07) is 14.9. The Kier molecular flexibility index (Phi) is 4.91. The Morgan fingerprint density at radius 1 is 0.611 bits per heavy atom. The van der Waals surface area contributed by atoms with E-state index in [1.165, 1.54) is 0 Å². The van der Waals surface area contributed by atoms with Crippen LogP contribution in [0, 0.1) is 0 Å². The van der Waals surface area contributed by atoms with Gasteiger partial charge in [-0.25, -0.2) is 0 Å². The van der Waals surface area contributed by atoms with Crippen molar-refractivity contribution >= 4 is 18.1 Å². The molecular weight excluding hydrogens is 270 g/mol. The van der Waals surface area contributed by atoms with Crippen molar-refractivity contribution in [3.05, 3.63) is 48.5 Å². The number of hydrogen-bond acceptors (Lipinski definition) is 4. The number of rotatable bonds is 5. The lowest BCUT2D eigenvalue weighted by atomic mass is 10.1. The van der Waals surface area contributed by atoms with E-state index in [2.05, 4.69) is 0 Å². The van der Waals surface area contributed by atoms with Crippen molar-refractivity contribution in [2.75, 3.05) is 0 Å². The van der Waals surface area contributed by atoms with Crippen molar-refractivity contribution in [1.82, 2.24) is 0 Å². The molecule has 2 N–H and O–H groups in total. The highest BCUT2D eigenvalue weighted by Crippen LogP contribution is 2.27. The molecule has 0 aromatic heterocycles. The summed E-state index contributed by atoms with van der Waals surface area (Å²) in [6.45, 7) is 0. The molecule has 6 heteroatoms. The maximum Gasteiger partial charge on any atom is 0.212 e. The third kappa shape index (κ3) is 3.41. The van der Waals surface area contributed by atoms with E-state index in [4.69, 9.17) is 18.8 Å². The Hall–Kier alpha value is -1.18. The zero-order valence-electron chi connectivity index (χ0n) is 9.33. The van der Waals surface area contributed by atoms with Gasteiger partial charge in [0.05, 0.1) is 0 Å². The van der Waals surface area contributed by atoms with Gasteiger partial charge in [-0.2, -0.15) is 0 Å². The highest BCUT2D eigenvalue weighted by atomic mass is 31.1. The van der Waals surface area contributed by atoms with Crippen LogP contribution in [0.4, 0.5) is 0 Å². The summed E-state index contributed by atoms with van der Waals surface area (Å²) in [5.41, 5.74) is 2.09. The van der Waals surface area contributed by atoms with Crippen molar-refractivity contribution < 1.29 is 18.8 Å². The van der Waals surface area contributed by atoms with Gasteiger partial charge in [-0.05, 0) is 35.4 Å². The molecule has 2 atom stereocenters. The van der Waals surface area contributed by atoms with Crippen molar-refractivity contribution in [1.29, 1.82) is 0 Å². The summed E-state index contributed by atoms with van der Waals surface area (Å²) in [4.78, 5) is 17.3. The zero-order chi connectivity index (χ0) is 12.8. The first-order chi connectivity index (χ1) is 8.83. The molecule has 0 saturated carbocycles. The third-order valence-electron chi connectivity index (χ3n) is 2.37. The van der Waals surface area contributed by atoms with Gasteiger partial charge in [0.2, 0.25) is 18.1 Å². The molecule has 0 aliphatic rings. The second-order valence-electron chi connectivity index (χ2n) is 3.44. The molecule has 0 fully saturated rings. The highest BCUT2D eigenvalue weighted by molar-refractivity contribution is 7.25. The topological polar surface area (TPSA) is 58.9 Å². The van der Waals surface area contributed by atoms with Crippen LogP contribution in [0.25, 0.3) is 11.1 Å². The Labute approximate surface area is 108 Å². The molecule has 18 heavy (non-hydrogen) atoms. The van der Waals surface area contributed by atoms with Crippen LogP contribution in [-0.2, 0) is 0 Å². The van der Waals surface area contributed by atoms with Gasteiger partial charge >= 0.3 is 0 Å². The van der Waals surface area contributed by atoms with Gasteiger partial charge in [0.1, 0.15) is 11.5 Å². The van der Waals surface area contributed by atoms with Crippen LogP contribution >= 0.6 is 18.1 Å². The highest BCUT2D eigenvalue weighted by Gasteiger charge is 2.00. The summed E-state index contributed by atoms with van der Waals surface area (Å²) < 4.78 is 9.97. The fraction of sp³-hybridized carbons (Fsp3) is 0. The summed E-state index contributed by atoms with van der Waals surface area (Å²) in [5, 5.41) is 0. The first kappa shape index (κ1) is 13.3. The molecule has 2 rings (SSSR count). The van der Waals surface area contributed by atoms with Crippen LogP contribution in [0.3, 0.4) is 0 Å². The van der Waals surface area contributed by atoms with E-state index in [0.717, 1.165) is 11.1 Å². The zero-order valence-corrected chi connectivity index (χ0v) is 11.3. The Balaban J connectivity index is 2.15. The van der Waals surface area contributed by atoms with Gasteiger partial charge in [-0.3, -0.25) is 0 Å². The van der Waals surface area contributed by atoms with Crippen LogP contribution in [0.1, 0.15) is 0 Å². The van der Waals surface area contributed by atoms with Crippen LogP contribution in [0.15, 0.2) is 48.5 Å². The lowest BCUT2D eigenvalue weighted by Gasteiger charge is -2.06. The van der Waals surface area contributed by atoms with E-state index in [1.807, 2.05) is 24.3 Å². The second kappa shape index (κ2) is 6.67. The van der Waals surface area contributed by atoms with E-state index in [0.29, 0.717) is 11.5 Å². The van der Waals surface area contributed by atoms with E-state index in [9.17, 15) is 0 Å². The van der Waals surface area contributed by atoms with Gasteiger partial charge in [0.15, 0.2) is 0 Å². The van der Waals surface area contributed by atoms with Crippen molar-refractivity contribution in [3.63, 3.8) is 0 Å². The normalized spacial score (nSPS) is 11.4. The molecule has 0 spiro atoms. The molecule has 0 radical (unpaired) electrons. The maximum atomic E-state index is 8.66. The van der Waals surface area contributed by atoms with Gasteiger partial charge in [-0.1, -0.05) is 24.3 Å². The molecule has 0 aliphatic heterocycles.